The van der Waals surface area contributed by atoms with E-state index in [1.54, 1.807) is 0 Å². The van der Waals surface area contributed by atoms with Crippen LogP contribution >= 0.6 is 0 Å². The van der Waals surface area contributed by atoms with Crippen molar-refractivity contribution in [2.75, 3.05) is 6.61 Å². The van der Waals surface area contributed by atoms with Crippen LogP contribution in [0.25, 0.3) is 0 Å². The third-order valence-electron chi connectivity index (χ3n) is 1.73. The molecular formula is C9H10F2O2. The van der Waals surface area contributed by atoms with Crippen molar-refractivity contribution in [2.24, 2.45) is 0 Å². The molecule has 2 nitrogen and oxygen atoms in total. The molecular weight excluding hydrogens is 178 g/mol. The minimum Gasteiger partial charge on any atom is -0.396 e. The molecule has 0 aromatic heterocycles. The topological polar surface area (TPSA) is 40.5 Å². The van der Waals surface area contributed by atoms with Gasteiger partial charge in [0.1, 0.15) is 0 Å². The van der Waals surface area contributed by atoms with E-state index >= 15 is 0 Å². The molecule has 0 aliphatic carbocycles. The second kappa shape index (κ2) is 4.30. The largest absolute Gasteiger partial charge is 0.396 e. The summed E-state index contributed by atoms with van der Waals surface area (Å²) in [6.07, 6.45) is -0.828. The van der Waals surface area contributed by atoms with Crippen molar-refractivity contribution in [3.8, 4) is 0 Å². The van der Waals surface area contributed by atoms with Crippen molar-refractivity contribution >= 4 is 0 Å². The van der Waals surface area contributed by atoms with Gasteiger partial charge in [0.05, 0.1) is 6.10 Å². The second-order valence-corrected chi connectivity index (χ2v) is 2.70. The number of hydrogen-bond donors (Lipinski definition) is 2. The lowest BCUT2D eigenvalue weighted by Crippen LogP contribution is -2.01. The van der Waals surface area contributed by atoms with E-state index in [2.05, 4.69) is 0 Å². The van der Waals surface area contributed by atoms with E-state index in [-0.39, 0.29) is 18.6 Å². The summed E-state index contributed by atoms with van der Waals surface area (Å²) in [7, 11) is 0. The first-order valence-electron chi connectivity index (χ1n) is 3.89. The van der Waals surface area contributed by atoms with Gasteiger partial charge in [-0.05, 0) is 17.7 Å². The Kier molecular flexibility index (Phi) is 3.33. The number of benzene rings is 1. The quantitative estimate of drug-likeness (QED) is 0.752. The maximum Gasteiger partial charge on any atom is 0.159 e. The molecule has 1 aromatic rings. The molecule has 0 saturated heterocycles. The Bertz CT molecular complexity index is 289. The monoisotopic (exact) mass is 188 g/mol. The van der Waals surface area contributed by atoms with E-state index in [4.69, 9.17) is 5.11 Å². The van der Waals surface area contributed by atoms with Crippen LogP contribution < -0.4 is 0 Å². The fourth-order valence-electron chi connectivity index (χ4n) is 1.01. The summed E-state index contributed by atoms with van der Waals surface area (Å²) < 4.78 is 25.1. The van der Waals surface area contributed by atoms with Crippen molar-refractivity contribution in [2.45, 2.75) is 12.5 Å². The number of hydrogen-bond acceptors (Lipinski definition) is 2. The van der Waals surface area contributed by atoms with Gasteiger partial charge in [-0.2, -0.15) is 0 Å². The van der Waals surface area contributed by atoms with E-state index in [1.807, 2.05) is 0 Å². The van der Waals surface area contributed by atoms with Gasteiger partial charge in [-0.25, -0.2) is 8.78 Å². The molecule has 0 spiro atoms. The highest BCUT2D eigenvalue weighted by Gasteiger charge is 2.09. The van der Waals surface area contributed by atoms with Crippen LogP contribution in [0, 0.1) is 11.6 Å². The summed E-state index contributed by atoms with van der Waals surface area (Å²) in [6.45, 7) is -0.194. The average Bonchev–Trinajstić information content (AvgIpc) is 2.10. The highest BCUT2D eigenvalue weighted by molar-refractivity contribution is 5.19. The van der Waals surface area contributed by atoms with E-state index in [0.29, 0.717) is 0 Å². The average molecular weight is 188 g/mol. The molecule has 1 atom stereocenters. The number of aliphatic hydroxyl groups is 2. The van der Waals surface area contributed by atoms with Crippen molar-refractivity contribution < 1.29 is 19.0 Å². The standard InChI is InChI=1S/C9H10F2O2/c10-7-2-1-6(5-8(7)11)9(13)3-4-12/h1-2,5,9,12-13H,3-4H2. The highest BCUT2D eigenvalue weighted by atomic mass is 19.2. The van der Waals surface area contributed by atoms with E-state index in [1.165, 1.54) is 6.07 Å². The Morgan fingerprint density at radius 1 is 1.23 bits per heavy atom. The summed E-state index contributed by atoms with van der Waals surface area (Å²) in [5, 5.41) is 17.8. The Labute approximate surface area is 74.4 Å². The van der Waals surface area contributed by atoms with Crippen molar-refractivity contribution in [1.29, 1.82) is 0 Å². The van der Waals surface area contributed by atoms with Crippen molar-refractivity contribution in [3.63, 3.8) is 0 Å². The van der Waals surface area contributed by atoms with Gasteiger partial charge in [0, 0.05) is 13.0 Å². The van der Waals surface area contributed by atoms with Crippen LogP contribution in [0.5, 0.6) is 0 Å². The minimum absolute atomic E-state index is 0.116. The fraction of sp³-hybridized carbons (Fsp3) is 0.333. The van der Waals surface area contributed by atoms with Gasteiger partial charge in [0.2, 0.25) is 0 Å². The van der Waals surface area contributed by atoms with Gasteiger partial charge in [0.25, 0.3) is 0 Å². The Morgan fingerprint density at radius 3 is 2.46 bits per heavy atom. The van der Waals surface area contributed by atoms with Crippen molar-refractivity contribution in [1.82, 2.24) is 0 Å². The van der Waals surface area contributed by atoms with Gasteiger partial charge in [-0.3, -0.25) is 0 Å². The molecule has 2 N–H and O–H groups in total. The zero-order valence-electron chi connectivity index (χ0n) is 6.87. The molecule has 0 amide bonds. The molecule has 72 valence electrons. The molecule has 0 bridgehead atoms. The SMILES string of the molecule is OCCC(O)c1ccc(F)c(F)c1. The number of aliphatic hydroxyl groups excluding tert-OH is 2. The zero-order chi connectivity index (χ0) is 9.84. The van der Waals surface area contributed by atoms with Gasteiger partial charge in [0.15, 0.2) is 11.6 Å². The van der Waals surface area contributed by atoms with Crippen molar-refractivity contribution in [3.05, 3.63) is 35.4 Å². The molecule has 1 rings (SSSR count). The lowest BCUT2D eigenvalue weighted by Gasteiger charge is -2.08. The lowest BCUT2D eigenvalue weighted by atomic mass is 10.1. The van der Waals surface area contributed by atoms with E-state index < -0.39 is 17.7 Å². The Morgan fingerprint density at radius 2 is 1.92 bits per heavy atom. The Balaban J connectivity index is 2.84. The summed E-state index contributed by atoms with van der Waals surface area (Å²) in [5.41, 5.74) is 0.271. The number of rotatable bonds is 3. The van der Waals surface area contributed by atoms with Crippen LogP contribution in [0.3, 0.4) is 0 Å². The predicted molar refractivity (Wildman–Crippen MR) is 43.0 cm³/mol. The molecule has 0 aliphatic heterocycles. The molecule has 4 heteroatoms. The molecule has 0 fully saturated rings. The second-order valence-electron chi connectivity index (χ2n) is 2.70. The molecule has 1 unspecified atom stereocenters. The molecule has 1 aromatic carbocycles. The van der Waals surface area contributed by atoms with E-state index in [0.717, 1.165) is 12.1 Å². The lowest BCUT2D eigenvalue weighted by molar-refractivity contribution is 0.134. The third-order valence-corrected chi connectivity index (χ3v) is 1.73. The van der Waals surface area contributed by atoms with E-state index in [9.17, 15) is 13.9 Å². The number of halogens is 2. The van der Waals surface area contributed by atoms with Gasteiger partial charge in [-0.15, -0.1) is 0 Å². The first-order chi connectivity index (χ1) is 6.15. The van der Waals surface area contributed by atoms with Crippen LogP contribution in [0.1, 0.15) is 18.1 Å². The zero-order valence-corrected chi connectivity index (χ0v) is 6.87. The Hall–Kier alpha value is -1.00. The van der Waals surface area contributed by atoms with Crippen LogP contribution in [0.15, 0.2) is 18.2 Å². The normalized spacial score (nSPS) is 12.9. The van der Waals surface area contributed by atoms with Gasteiger partial charge < -0.3 is 10.2 Å². The van der Waals surface area contributed by atoms with Crippen LogP contribution in [-0.2, 0) is 0 Å². The molecule has 0 saturated carbocycles. The molecule has 0 heterocycles. The smallest absolute Gasteiger partial charge is 0.159 e. The predicted octanol–water partition coefficient (Wildman–Crippen LogP) is 1.38. The maximum absolute atomic E-state index is 12.6. The first kappa shape index (κ1) is 10.1. The van der Waals surface area contributed by atoms with Crippen LogP contribution in [0.2, 0.25) is 0 Å². The minimum atomic E-state index is -0.991. The first-order valence-corrected chi connectivity index (χ1v) is 3.89. The summed E-state index contributed by atoms with van der Waals surface area (Å²) in [6, 6.07) is 3.17. The van der Waals surface area contributed by atoms with Crippen LogP contribution in [-0.4, -0.2) is 16.8 Å². The van der Waals surface area contributed by atoms with Gasteiger partial charge in [-0.1, -0.05) is 6.07 Å². The van der Waals surface area contributed by atoms with Gasteiger partial charge >= 0.3 is 0 Å². The van der Waals surface area contributed by atoms with Crippen LogP contribution in [0.4, 0.5) is 8.78 Å². The highest BCUT2D eigenvalue weighted by Crippen LogP contribution is 2.18. The summed E-state index contributed by atoms with van der Waals surface area (Å²) >= 11 is 0. The maximum atomic E-state index is 12.6. The summed E-state index contributed by atoms with van der Waals surface area (Å²) in [4.78, 5) is 0. The molecule has 0 radical (unpaired) electrons. The third kappa shape index (κ3) is 2.47. The fourth-order valence-corrected chi connectivity index (χ4v) is 1.01. The molecule has 13 heavy (non-hydrogen) atoms. The summed E-state index contributed by atoms with van der Waals surface area (Å²) in [5.74, 6) is -1.94. The molecule has 0 aliphatic rings.